The highest BCUT2D eigenvalue weighted by molar-refractivity contribution is 9.09. The molecule has 0 radical (unpaired) electrons. The molecule has 4 N–H and O–H groups in total. The Balaban J connectivity index is 1.45. The van der Waals surface area contributed by atoms with Crippen molar-refractivity contribution in [3.8, 4) is 0 Å². The fraction of sp³-hybridized carbons (Fsp3) is 0.593. The number of benzene rings is 1. The van der Waals surface area contributed by atoms with Crippen LogP contribution >= 0.6 is 31.9 Å². The summed E-state index contributed by atoms with van der Waals surface area (Å²) in [5.41, 5.74) is 8.90. The van der Waals surface area contributed by atoms with E-state index < -0.39 is 11.9 Å². The van der Waals surface area contributed by atoms with Crippen LogP contribution < -0.4 is 16.4 Å². The lowest BCUT2D eigenvalue weighted by Crippen LogP contribution is -2.47. The fourth-order valence-electron chi connectivity index (χ4n) is 3.56. The van der Waals surface area contributed by atoms with Gasteiger partial charge in [0, 0.05) is 29.2 Å². The Bertz CT molecular complexity index is 1120. The quantitative estimate of drug-likeness (QED) is 0.131. The van der Waals surface area contributed by atoms with E-state index in [2.05, 4.69) is 52.5 Å². The summed E-state index contributed by atoms with van der Waals surface area (Å²) in [5.74, 6) is -1.12. The van der Waals surface area contributed by atoms with Crippen molar-refractivity contribution in [2.24, 2.45) is 11.7 Å². The number of hydrogen-bond acceptors (Lipinski definition) is 9. The summed E-state index contributed by atoms with van der Waals surface area (Å²) < 4.78 is 21.7. The first-order valence-electron chi connectivity index (χ1n) is 13.4. The van der Waals surface area contributed by atoms with E-state index in [1.165, 1.54) is 0 Å². The molecule has 0 aliphatic heterocycles. The molecule has 0 saturated heterocycles. The summed E-state index contributed by atoms with van der Waals surface area (Å²) in [5, 5.41) is 6.64. The summed E-state index contributed by atoms with van der Waals surface area (Å²) in [6.45, 7) is 6.90. The number of nitrogens with zero attached hydrogens (tertiary/aromatic N) is 2. The number of nitrogens with two attached hydrogens (primary N) is 1. The van der Waals surface area contributed by atoms with Gasteiger partial charge in [-0.3, -0.25) is 14.4 Å². The van der Waals surface area contributed by atoms with E-state index in [-0.39, 0.29) is 30.8 Å². The second kappa shape index (κ2) is 19.8. The molecule has 1 aromatic heterocycles. The molecule has 0 bridgehead atoms. The van der Waals surface area contributed by atoms with Gasteiger partial charge in [0.15, 0.2) is 0 Å². The van der Waals surface area contributed by atoms with Gasteiger partial charge in [0.1, 0.15) is 6.04 Å². The Labute approximate surface area is 257 Å². The molecule has 1 aromatic carbocycles. The van der Waals surface area contributed by atoms with E-state index in [9.17, 15) is 14.4 Å². The van der Waals surface area contributed by atoms with E-state index in [1.807, 2.05) is 13.8 Å². The van der Waals surface area contributed by atoms with Gasteiger partial charge >= 0.3 is 0 Å². The number of rotatable bonds is 21. The van der Waals surface area contributed by atoms with E-state index >= 15 is 0 Å². The first-order valence-corrected chi connectivity index (χ1v) is 15.6. The van der Waals surface area contributed by atoms with Gasteiger partial charge in [0.25, 0.3) is 5.91 Å². The molecule has 1 heterocycles. The average Bonchev–Trinajstić information content (AvgIpc) is 2.96. The van der Waals surface area contributed by atoms with Crippen LogP contribution in [0.5, 0.6) is 0 Å². The molecule has 0 saturated carbocycles. The second-order valence-corrected chi connectivity index (χ2v) is 10.4. The number of halogens is 2. The minimum atomic E-state index is -0.685. The van der Waals surface area contributed by atoms with Crippen LogP contribution in [0, 0.1) is 5.92 Å². The Morgan fingerprint density at radius 3 is 1.90 bits per heavy atom. The maximum atomic E-state index is 12.5. The molecule has 1 atom stereocenters. The van der Waals surface area contributed by atoms with Crippen molar-refractivity contribution in [3.05, 3.63) is 35.2 Å². The van der Waals surface area contributed by atoms with Gasteiger partial charge in [-0.05, 0) is 24.1 Å². The molecule has 0 aliphatic rings. The summed E-state index contributed by atoms with van der Waals surface area (Å²) in [6, 6.07) is 4.58. The minimum Gasteiger partial charge on any atom is -0.379 e. The lowest BCUT2D eigenvalue weighted by atomic mass is 10.0. The SMILES string of the molecule is CC(C)[C@H](NC(=O)CCOCCOCCOCCOCCNC(=O)c1ccc2nc(CBr)c(CBr)nc2c1)C(N)=O. The summed E-state index contributed by atoms with van der Waals surface area (Å²) in [6.07, 6.45) is 0.138. The van der Waals surface area contributed by atoms with Crippen LogP contribution in [0.2, 0.25) is 0 Å². The van der Waals surface area contributed by atoms with Crippen molar-refractivity contribution < 1.29 is 33.3 Å². The van der Waals surface area contributed by atoms with Crippen molar-refractivity contribution in [3.63, 3.8) is 0 Å². The van der Waals surface area contributed by atoms with E-state index in [0.29, 0.717) is 74.5 Å². The van der Waals surface area contributed by atoms with Crippen LogP contribution in [0.3, 0.4) is 0 Å². The highest BCUT2D eigenvalue weighted by Crippen LogP contribution is 2.18. The molecule has 0 unspecified atom stereocenters. The van der Waals surface area contributed by atoms with Crippen molar-refractivity contribution in [1.82, 2.24) is 20.6 Å². The van der Waals surface area contributed by atoms with Crippen LogP contribution in [0.1, 0.15) is 42.0 Å². The van der Waals surface area contributed by atoms with Crippen LogP contribution in [0.25, 0.3) is 11.0 Å². The van der Waals surface area contributed by atoms with Gasteiger partial charge in [0.05, 0.1) is 75.3 Å². The molecule has 0 spiro atoms. The molecular formula is C27H39Br2N5O7. The summed E-state index contributed by atoms with van der Waals surface area (Å²) >= 11 is 6.85. The Hall–Kier alpha value is -2.23. The summed E-state index contributed by atoms with van der Waals surface area (Å²) in [4.78, 5) is 44.9. The number of hydrogen-bond donors (Lipinski definition) is 3. The third-order valence-electron chi connectivity index (χ3n) is 5.75. The molecule has 0 aliphatic carbocycles. The predicted molar refractivity (Wildman–Crippen MR) is 161 cm³/mol. The van der Waals surface area contributed by atoms with Crippen molar-refractivity contribution >= 4 is 60.6 Å². The smallest absolute Gasteiger partial charge is 0.251 e. The molecule has 3 amide bonds. The molecule has 228 valence electrons. The number of nitrogens with one attached hydrogen (secondary N) is 2. The zero-order chi connectivity index (χ0) is 30.0. The van der Waals surface area contributed by atoms with Crippen molar-refractivity contribution in [2.75, 3.05) is 59.4 Å². The maximum absolute atomic E-state index is 12.5. The van der Waals surface area contributed by atoms with Crippen LogP contribution in [0.4, 0.5) is 0 Å². The highest BCUT2D eigenvalue weighted by atomic mass is 79.9. The third-order valence-corrected chi connectivity index (χ3v) is 6.81. The Morgan fingerprint density at radius 1 is 0.829 bits per heavy atom. The fourth-order valence-corrected chi connectivity index (χ4v) is 4.46. The predicted octanol–water partition coefficient (Wildman–Crippen LogP) is 2.23. The number of alkyl halides is 2. The zero-order valence-electron chi connectivity index (χ0n) is 23.5. The second-order valence-electron chi connectivity index (χ2n) is 9.23. The van der Waals surface area contributed by atoms with E-state index in [1.54, 1.807) is 18.2 Å². The van der Waals surface area contributed by atoms with Crippen molar-refractivity contribution in [1.29, 1.82) is 0 Å². The van der Waals surface area contributed by atoms with Crippen LogP contribution in [-0.4, -0.2) is 93.1 Å². The van der Waals surface area contributed by atoms with Crippen LogP contribution in [0.15, 0.2) is 18.2 Å². The third kappa shape index (κ3) is 13.1. The van der Waals surface area contributed by atoms with Gasteiger partial charge in [-0.25, -0.2) is 9.97 Å². The minimum absolute atomic E-state index is 0.0770. The molecule has 41 heavy (non-hydrogen) atoms. The first kappa shape index (κ1) is 35.0. The average molecular weight is 705 g/mol. The number of fused-ring (bicyclic) bond motifs is 1. The molecule has 2 rings (SSSR count). The Morgan fingerprint density at radius 2 is 1.37 bits per heavy atom. The highest BCUT2D eigenvalue weighted by Gasteiger charge is 2.21. The number of ether oxygens (including phenoxy) is 4. The lowest BCUT2D eigenvalue weighted by molar-refractivity contribution is -0.129. The van der Waals surface area contributed by atoms with E-state index in [0.717, 1.165) is 16.9 Å². The number of primary amides is 1. The van der Waals surface area contributed by atoms with Gasteiger partial charge in [-0.2, -0.15) is 0 Å². The molecule has 14 heteroatoms. The van der Waals surface area contributed by atoms with Gasteiger partial charge in [-0.1, -0.05) is 45.7 Å². The van der Waals surface area contributed by atoms with Gasteiger partial charge in [0.2, 0.25) is 11.8 Å². The normalized spacial score (nSPS) is 12.0. The van der Waals surface area contributed by atoms with Gasteiger partial charge in [-0.15, -0.1) is 0 Å². The number of carbonyl (C=O) groups excluding carboxylic acids is 3. The topological polar surface area (TPSA) is 164 Å². The van der Waals surface area contributed by atoms with Crippen LogP contribution in [-0.2, 0) is 39.2 Å². The molecular weight excluding hydrogens is 666 g/mol. The standard InChI is InChI=1S/C27H39Br2N5O7/c1-18(2)25(26(30)36)34-24(35)5-7-38-9-11-40-13-14-41-12-10-39-8-6-31-27(37)19-3-4-20-21(15-19)33-23(17-29)22(16-28)32-20/h3-4,15,18,25H,5-14,16-17H2,1-2H3,(H2,30,36)(H,31,37)(H,34,35)/t25-/m0/s1. The lowest BCUT2D eigenvalue weighted by Gasteiger charge is -2.18. The Kier molecular flexibility index (Phi) is 16.9. The molecule has 12 nitrogen and oxygen atoms in total. The van der Waals surface area contributed by atoms with Crippen molar-refractivity contribution in [2.45, 2.75) is 37.0 Å². The number of amides is 3. The molecule has 2 aromatic rings. The zero-order valence-corrected chi connectivity index (χ0v) is 26.6. The monoisotopic (exact) mass is 703 g/mol. The number of carbonyl (C=O) groups is 3. The van der Waals surface area contributed by atoms with E-state index in [4.69, 9.17) is 24.7 Å². The van der Waals surface area contributed by atoms with Gasteiger partial charge < -0.3 is 35.3 Å². The first-order chi connectivity index (χ1) is 19.8. The molecule has 0 fully saturated rings. The number of aromatic nitrogens is 2. The maximum Gasteiger partial charge on any atom is 0.251 e. The largest absolute Gasteiger partial charge is 0.379 e. The summed E-state index contributed by atoms with van der Waals surface area (Å²) in [7, 11) is 0.